The molecule has 1 aliphatic heterocycles. The third-order valence-electron chi connectivity index (χ3n) is 6.51. The van der Waals surface area contributed by atoms with Crippen molar-refractivity contribution in [2.75, 3.05) is 0 Å². The van der Waals surface area contributed by atoms with Gasteiger partial charge >= 0.3 is 11.9 Å². The molecular formula is C19H26O5. The maximum atomic E-state index is 11.9. The van der Waals surface area contributed by atoms with E-state index in [1.165, 1.54) is 0 Å². The zero-order chi connectivity index (χ0) is 17.8. The summed E-state index contributed by atoms with van der Waals surface area (Å²) in [5, 5.41) is 11.1. The van der Waals surface area contributed by atoms with Gasteiger partial charge in [0, 0.05) is 28.9 Å². The standard InChI is InChI=1S/C19H26O5/c1-9(2)17(21)23-13-7-6-12-8-14-15(10(3)18(22)24-14)16(20)19(12,5)11(13)4/h10-13,16,20H,1,6-8H2,2-5H3. The molecule has 0 aromatic carbocycles. The van der Waals surface area contributed by atoms with Gasteiger partial charge in [0.2, 0.25) is 0 Å². The van der Waals surface area contributed by atoms with Crippen molar-refractivity contribution in [3.63, 3.8) is 0 Å². The smallest absolute Gasteiger partial charge is 0.333 e. The van der Waals surface area contributed by atoms with Gasteiger partial charge in [-0.3, -0.25) is 4.79 Å². The molecule has 0 radical (unpaired) electrons. The van der Waals surface area contributed by atoms with Crippen molar-refractivity contribution in [2.24, 2.45) is 23.2 Å². The van der Waals surface area contributed by atoms with Crippen molar-refractivity contribution in [1.82, 2.24) is 0 Å². The van der Waals surface area contributed by atoms with Crippen LogP contribution < -0.4 is 0 Å². The van der Waals surface area contributed by atoms with E-state index < -0.39 is 17.4 Å². The van der Waals surface area contributed by atoms with Crippen molar-refractivity contribution in [1.29, 1.82) is 0 Å². The molecule has 3 aliphatic rings. The van der Waals surface area contributed by atoms with Crippen molar-refractivity contribution in [3.05, 3.63) is 23.5 Å². The van der Waals surface area contributed by atoms with Crippen molar-refractivity contribution in [3.8, 4) is 0 Å². The SMILES string of the molecule is C=C(C)C(=O)OC1CCC2CC3=C(C(C)C(=O)O3)C(O)C2(C)C1C. The lowest BCUT2D eigenvalue weighted by atomic mass is 9.53. The van der Waals surface area contributed by atoms with Crippen LogP contribution in [0, 0.1) is 23.2 Å². The summed E-state index contributed by atoms with van der Waals surface area (Å²) >= 11 is 0. The molecule has 6 atom stereocenters. The number of carbonyl (C=O) groups excluding carboxylic acids is 2. The van der Waals surface area contributed by atoms with E-state index >= 15 is 0 Å². The van der Waals surface area contributed by atoms with Gasteiger partial charge in [0.1, 0.15) is 11.9 Å². The average Bonchev–Trinajstić information content (AvgIpc) is 2.80. The molecule has 0 saturated heterocycles. The van der Waals surface area contributed by atoms with Gasteiger partial charge in [-0.2, -0.15) is 0 Å². The molecule has 1 N–H and O–H groups in total. The summed E-state index contributed by atoms with van der Waals surface area (Å²) in [5.41, 5.74) is 0.656. The minimum absolute atomic E-state index is 0.0218. The molecule has 1 saturated carbocycles. The number of esters is 2. The fourth-order valence-electron chi connectivity index (χ4n) is 4.64. The lowest BCUT2D eigenvalue weighted by molar-refractivity contribution is -0.164. The van der Waals surface area contributed by atoms with Crippen LogP contribution in [-0.4, -0.2) is 29.3 Å². The van der Waals surface area contributed by atoms with Gasteiger partial charge < -0.3 is 14.6 Å². The van der Waals surface area contributed by atoms with Crippen LogP contribution in [0.15, 0.2) is 23.5 Å². The summed E-state index contributed by atoms with van der Waals surface area (Å²) in [4.78, 5) is 23.8. The number of ether oxygens (including phenoxy) is 2. The van der Waals surface area contributed by atoms with Gasteiger partial charge in [0.25, 0.3) is 0 Å². The van der Waals surface area contributed by atoms with Gasteiger partial charge in [-0.15, -0.1) is 0 Å². The van der Waals surface area contributed by atoms with E-state index in [0.717, 1.165) is 18.4 Å². The van der Waals surface area contributed by atoms with E-state index in [1.807, 2.05) is 13.8 Å². The first-order chi connectivity index (χ1) is 11.2. The lowest BCUT2D eigenvalue weighted by Crippen LogP contribution is -2.55. The number of fused-ring (bicyclic) bond motifs is 1. The number of hydrogen-bond acceptors (Lipinski definition) is 5. The Morgan fingerprint density at radius 3 is 2.67 bits per heavy atom. The molecule has 1 heterocycles. The highest BCUT2D eigenvalue weighted by Gasteiger charge is 2.58. The van der Waals surface area contributed by atoms with Crippen LogP contribution in [0.2, 0.25) is 0 Å². The van der Waals surface area contributed by atoms with E-state index in [-0.39, 0.29) is 29.9 Å². The maximum absolute atomic E-state index is 11.9. The zero-order valence-corrected chi connectivity index (χ0v) is 14.8. The van der Waals surface area contributed by atoms with Crippen LogP contribution in [0.1, 0.15) is 47.0 Å². The molecule has 24 heavy (non-hydrogen) atoms. The van der Waals surface area contributed by atoms with Crippen molar-refractivity contribution >= 4 is 11.9 Å². The lowest BCUT2D eigenvalue weighted by Gasteiger charge is -2.54. The predicted octanol–water partition coefficient (Wildman–Crippen LogP) is 2.74. The Kier molecular flexibility index (Phi) is 4.11. The summed E-state index contributed by atoms with van der Waals surface area (Å²) in [6.45, 7) is 11.1. The molecule has 0 spiro atoms. The predicted molar refractivity (Wildman–Crippen MR) is 87.6 cm³/mol. The summed E-state index contributed by atoms with van der Waals surface area (Å²) in [5.74, 6) is -0.220. The highest BCUT2D eigenvalue weighted by Crippen LogP contribution is 2.57. The summed E-state index contributed by atoms with van der Waals surface area (Å²) in [6, 6.07) is 0. The molecule has 3 rings (SSSR count). The number of hydrogen-bond donors (Lipinski definition) is 1. The number of aliphatic hydroxyl groups excluding tert-OH is 1. The van der Waals surface area contributed by atoms with E-state index in [4.69, 9.17) is 9.47 Å². The van der Waals surface area contributed by atoms with E-state index in [1.54, 1.807) is 13.8 Å². The molecule has 0 amide bonds. The van der Waals surface area contributed by atoms with Gasteiger partial charge in [0.15, 0.2) is 0 Å². The van der Waals surface area contributed by atoms with Gasteiger partial charge in [-0.25, -0.2) is 4.79 Å². The summed E-state index contributed by atoms with van der Waals surface area (Å²) in [6.07, 6.45) is 1.24. The third-order valence-corrected chi connectivity index (χ3v) is 6.51. The van der Waals surface area contributed by atoms with Crippen molar-refractivity contribution in [2.45, 2.75) is 59.2 Å². The molecule has 2 aliphatic carbocycles. The molecule has 5 nitrogen and oxygen atoms in total. The normalized spacial score (nSPS) is 41.4. The Balaban J connectivity index is 1.89. The molecule has 6 unspecified atom stereocenters. The number of carbonyl (C=O) groups is 2. The molecule has 132 valence electrons. The van der Waals surface area contributed by atoms with E-state index in [0.29, 0.717) is 17.8 Å². The van der Waals surface area contributed by atoms with Crippen LogP contribution in [0.5, 0.6) is 0 Å². The molecular weight excluding hydrogens is 308 g/mol. The third kappa shape index (κ3) is 2.32. The molecule has 5 heteroatoms. The Morgan fingerprint density at radius 1 is 1.38 bits per heavy atom. The van der Waals surface area contributed by atoms with Crippen LogP contribution in [0.4, 0.5) is 0 Å². The second-order valence-electron chi connectivity index (χ2n) is 7.78. The first-order valence-corrected chi connectivity index (χ1v) is 8.67. The Morgan fingerprint density at radius 2 is 2.04 bits per heavy atom. The number of rotatable bonds is 2. The second-order valence-corrected chi connectivity index (χ2v) is 7.78. The number of aliphatic hydroxyl groups is 1. The van der Waals surface area contributed by atoms with Crippen LogP contribution in [0.25, 0.3) is 0 Å². The van der Waals surface area contributed by atoms with Gasteiger partial charge in [-0.05, 0) is 32.6 Å². The fourth-order valence-corrected chi connectivity index (χ4v) is 4.64. The van der Waals surface area contributed by atoms with Crippen LogP contribution in [-0.2, 0) is 19.1 Å². The van der Waals surface area contributed by atoms with Crippen LogP contribution >= 0.6 is 0 Å². The van der Waals surface area contributed by atoms with Crippen LogP contribution in [0.3, 0.4) is 0 Å². The van der Waals surface area contributed by atoms with Gasteiger partial charge in [-0.1, -0.05) is 20.4 Å². The molecule has 0 aromatic heterocycles. The first kappa shape index (κ1) is 17.2. The minimum Gasteiger partial charge on any atom is -0.459 e. The van der Waals surface area contributed by atoms with Gasteiger partial charge in [0.05, 0.1) is 12.0 Å². The Labute approximate surface area is 142 Å². The minimum atomic E-state index is -0.756. The topological polar surface area (TPSA) is 72.8 Å². The highest BCUT2D eigenvalue weighted by molar-refractivity contribution is 5.87. The molecule has 1 fully saturated rings. The summed E-state index contributed by atoms with van der Waals surface area (Å²) < 4.78 is 11.0. The average molecular weight is 334 g/mol. The first-order valence-electron chi connectivity index (χ1n) is 8.67. The molecule has 0 aromatic rings. The zero-order valence-electron chi connectivity index (χ0n) is 14.8. The van der Waals surface area contributed by atoms with Crippen molar-refractivity contribution < 1.29 is 24.2 Å². The van der Waals surface area contributed by atoms with E-state index in [2.05, 4.69) is 6.58 Å². The maximum Gasteiger partial charge on any atom is 0.333 e. The quantitative estimate of drug-likeness (QED) is 0.621. The monoisotopic (exact) mass is 334 g/mol. The Bertz CT molecular complexity index is 634. The second kappa shape index (κ2) is 5.73. The fraction of sp³-hybridized carbons (Fsp3) is 0.684. The Hall–Kier alpha value is -1.62. The highest BCUT2D eigenvalue weighted by atomic mass is 16.5. The largest absolute Gasteiger partial charge is 0.459 e. The number of allylic oxidation sites excluding steroid dienone is 1. The van der Waals surface area contributed by atoms with E-state index in [9.17, 15) is 14.7 Å². The molecule has 0 bridgehead atoms. The summed E-state index contributed by atoms with van der Waals surface area (Å²) in [7, 11) is 0.